The Kier molecular flexibility index (Phi) is 4.36. The minimum absolute atomic E-state index is 0.234. The predicted octanol–water partition coefficient (Wildman–Crippen LogP) is 3.27. The Morgan fingerprint density at radius 2 is 1.71 bits per heavy atom. The standard InChI is InChI=1S/C18H14ClNO4/c1-11(9-12-5-4-6-13(19)10-12)18(23)24-20-16(21)14-7-2-3-8-15(14)17(20)22/h2-8,10-11H,9H2,1H3. The van der Waals surface area contributed by atoms with Crippen molar-refractivity contribution < 1.29 is 19.2 Å². The summed E-state index contributed by atoms with van der Waals surface area (Å²) in [5.74, 6) is -2.44. The maximum Gasteiger partial charge on any atom is 0.336 e. The lowest BCUT2D eigenvalue weighted by atomic mass is 10.0. The molecule has 0 fully saturated rings. The molecule has 0 bridgehead atoms. The highest BCUT2D eigenvalue weighted by molar-refractivity contribution is 6.30. The molecule has 6 heteroatoms. The second-order valence-corrected chi connectivity index (χ2v) is 6.03. The fraction of sp³-hybridized carbons (Fsp3) is 0.167. The number of benzene rings is 2. The van der Waals surface area contributed by atoms with E-state index in [4.69, 9.17) is 16.4 Å². The van der Waals surface area contributed by atoms with Crippen LogP contribution in [0.4, 0.5) is 0 Å². The summed E-state index contributed by atoms with van der Waals surface area (Å²) in [4.78, 5) is 41.6. The minimum atomic E-state index is -0.649. The van der Waals surface area contributed by atoms with Gasteiger partial charge in [0.25, 0.3) is 11.8 Å². The third-order valence-corrected chi connectivity index (χ3v) is 4.01. The number of fused-ring (bicyclic) bond motifs is 1. The van der Waals surface area contributed by atoms with Crippen molar-refractivity contribution in [3.05, 3.63) is 70.2 Å². The molecule has 0 aliphatic carbocycles. The van der Waals surface area contributed by atoms with Crippen LogP contribution in [0.2, 0.25) is 5.02 Å². The first-order chi connectivity index (χ1) is 11.5. The summed E-state index contributed by atoms with van der Waals surface area (Å²) in [5, 5.41) is 1.11. The average molecular weight is 344 g/mol. The average Bonchev–Trinajstić information content (AvgIpc) is 2.80. The Bertz CT molecular complexity index is 798. The van der Waals surface area contributed by atoms with Gasteiger partial charge in [-0.25, -0.2) is 4.79 Å². The van der Waals surface area contributed by atoms with E-state index in [9.17, 15) is 14.4 Å². The van der Waals surface area contributed by atoms with E-state index < -0.39 is 23.7 Å². The van der Waals surface area contributed by atoms with Crippen LogP contribution < -0.4 is 0 Å². The molecule has 0 saturated carbocycles. The zero-order valence-corrected chi connectivity index (χ0v) is 13.6. The van der Waals surface area contributed by atoms with Gasteiger partial charge in [-0.05, 0) is 36.2 Å². The summed E-state index contributed by atoms with van der Waals surface area (Å²) >= 11 is 5.92. The van der Waals surface area contributed by atoms with Gasteiger partial charge in [-0.2, -0.15) is 0 Å². The molecule has 0 spiro atoms. The quantitative estimate of drug-likeness (QED) is 0.799. The molecular weight excluding hydrogens is 330 g/mol. The van der Waals surface area contributed by atoms with Crippen molar-refractivity contribution in [2.24, 2.45) is 5.92 Å². The molecule has 2 amide bonds. The van der Waals surface area contributed by atoms with Crippen LogP contribution in [-0.4, -0.2) is 22.8 Å². The fourth-order valence-electron chi connectivity index (χ4n) is 2.53. The molecule has 0 N–H and O–H groups in total. The lowest BCUT2D eigenvalue weighted by Crippen LogP contribution is -2.35. The predicted molar refractivity (Wildman–Crippen MR) is 87.4 cm³/mol. The number of nitrogens with zero attached hydrogens (tertiary/aromatic N) is 1. The molecule has 1 unspecified atom stereocenters. The van der Waals surface area contributed by atoms with Crippen LogP contribution in [0.15, 0.2) is 48.5 Å². The second kappa shape index (κ2) is 6.45. The summed E-state index contributed by atoms with van der Waals surface area (Å²) < 4.78 is 0. The lowest BCUT2D eigenvalue weighted by molar-refractivity contribution is -0.173. The van der Waals surface area contributed by atoms with Gasteiger partial charge in [0, 0.05) is 5.02 Å². The van der Waals surface area contributed by atoms with Gasteiger partial charge in [0.15, 0.2) is 0 Å². The maximum absolute atomic E-state index is 12.2. The molecule has 0 saturated heterocycles. The molecule has 1 aliphatic rings. The number of hydroxylamine groups is 2. The van der Waals surface area contributed by atoms with Gasteiger partial charge in [0.1, 0.15) is 0 Å². The molecule has 1 atom stereocenters. The third kappa shape index (κ3) is 3.03. The molecule has 1 aliphatic heterocycles. The van der Waals surface area contributed by atoms with Crippen LogP contribution in [0, 0.1) is 5.92 Å². The van der Waals surface area contributed by atoms with Gasteiger partial charge in [-0.3, -0.25) is 9.59 Å². The Morgan fingerprint density at radius 1 is 1.08 bits per heavy atom. The van der Waals surface area contributed by atoms with Crippen molar-refractivity contribution in [3.8, 4) is 0 Å². The van der Waals surface area contributed by atoms with E-state index in [0.29, 0.717) is 16.5 Å². The normalized spacial score (nSPS) is 14.5. The van der Waals surface area contributed by atoms with E-state index in [0.717, 1.165) is 5.56 Å². The van der Waals surface area contributed by atoms with Gasteiger partial charge in [0.05, 0.1) is 17.0 Å². The van der Waals surface area contributed by atoms with Crippen molar-refractivity contribution >= 4 is 29.4 Å². The van der Waals surface area contributed by atoms with Gasteiger partial charge >= 0.3 is 5.97 Å². The van der Waals surface area contributed by atoms with E-state index in [-0.39, 0.29) is 11.1 Å². The minimum Gasteiger partial charge on any atom is -0.329 e. The number of rotatable bonds is 4. The number of amides is 2. The number of hydrogen-bond acceptors (Lipinski definition) is 4. The van der Waals surface area contributed by atoms with E-state index in [1.807, 2.05) is 6.07 Å². The number of carbonyl (C=O) groups excluding carboxylic acids is 3. The van der Waals surface area contributed by atoms with Crippen molar-refractivity contribution in [2.75, 3.05) is 0 Å². The largest absolute Gasteiger partial charge is 0.336 e. The van der Waals surface area contributed by atoms with Gasteiger partial charge in [-0.15, -0.1) is 0 Å². The SMILES string of the molecule is CC(Cc1cccc(Cl)c1)C(=O)ON1C(=O)c2ccccc2C1=O. The summed E-state index contributed by atoms with van der Waals surface area (Å²) in [6, 6.07) is 13.5. The number of imide groups is 1. The van der Waals surface area contributed by atoms with Gasteiger partial charge in [-0.1, -0.05) is 47.9 Å². The zero-order chi connectivity index (χ0) is 17.3. The molecule has 0 aromatic heterocycles. The first-order valence-corrected chi connectivity index (χ1v) is 7.79. The van der Waals surface area contributed by atoms with Crippen LogP contribution in [0.3, 0.4) is 0 Å². The van der Waals surface area contributed by atoms with Crippen LogP contribution in [0.5, 0.6) is 0 Å². The van der Waals surface area contributed by atoms with Crippen molar-refractivity contribution in [1.29, 1.82) is 0 Å². The monoisotopic (exact) mass is 343 g/mol. The second-order valence-electron chi connectivity index (χ2n) is 5.60. The highest BCUT2D eigenvalue weighted by Gasteiger charge is 2.39. The first-order valence-electron chi connectivity index (χ1n) is 7.41. The zero-order valence-electron chi connectivity index (χ0n) is 12.9. The van der Waals surface area contributed by atoms with E-state index in [1.54, 1.807) is 37.3 Å². The summed E-state index contributed by atoms with van der Waals surface area (Å²) in [7, 11) is 0. The van der Waals surface area contributed by atoms with E-state index in [1.165, 1.54) is 12.1 Å². The summed E-state index contributed by atoms with van der Waals surface area (Å²) in [5.41, 5.74) is 1.34. The third-order valence-electron chi connectivity index (χ3n) is 3.77. The van der Waals surface area contributed by atoms with Crippen LogP contribution in [-0.2, 0) is 16.1 Å². The van der Waals surface area contributed by atoms with Crippen LogP contribution in [0.25, 0.3) is 0 Å². The number of carbonyl (C=O) groups is 3. The molecular formula is C18H14ClNO4. The Hall–Kier alpha value is -2.66. The molecule has 5 nitrogen and oxygen atoms in total. The van der Waals surface area contributed by atoms with Crippen LogP contribution >= 0.6 is 11.6 Å². The van der Waals surface area contributed by atoms with E-state index >= 15 is 0 Å². The van der Waals surface area contributed by atoms with E-state index in [2.05, 4.69) is 0 Å². The highest BCUT2D eigenvalue weighted by atomic mass is 35.5. The van der Waals surface area contributed by atoms with Crippen molar-refractivity contribution in [2.45, 2.75) is 13.3 Å². The lowest BCUT2D eigenvalue weighted by Gasteiger charge is -2.16. The van der Waals surface area contributed by atoms with Gasteiger partial charge < -0.3 is 4.84 Å². The summed E-state index contributed by atoms with van der Waals surface area (Å²) in [6.45, 7) is 1.67. The van der Waals surface area contributed by atoms with Gasteiger partial charge in [0.2, 0.25) is 0 Å². The summed E-state index contributed by atoms with van der Waals surface area (Å²) in [6.07, 6.45) is 0.391. The molecule has 1 heterocycles. The molecule has 2 aromatic carbocycles. The smallest absolute Gasteiger partial charge is 0.329 e. The molecule has 3 rings (SSSR count). The molecule has 2 aromatic rings. The Morgan fingerprint density at radius 3 is 2.29 bits per heavy atom. The number of halogens is 1. The molecule has 122 valence electrons. The first kappa shape index (κ1) is 16.2. The van der Waals surface area contributed by atoms with Crippen LogP contribution in [0.1, 0.15) is 33.2 Å². The fourth-order valence-corrected chi connectivity index (χ4v) is 2.74. The maximum atomic E-state index is 12.2. The number of hydrogen-bond donors (Lipinski definition) is 0. The molecule has 0 radical (unpaired) electrons. The molecule has 24 heavy (non-hydrogen) atoms. The van der Waals surface area contributed by atoms with Crippen molar-refractivity contribution in [3.63, 3.8) is 0 Å². The Balaban J connectivity index is 1.69. The van der Waals surface area contributed by atoms with Crippen molar-refractivity contribution in [1.82, 2.24) is 5.06 Å². The highest BCUT2D eigenvalue weighted by Crippen LogP contribution is 2.24. The Labute approximate surface area is 143 Å². The topological polar surface area (TPSA) is 63.7 Å².